The van der Waals surface area contributed by atoms with E-state index < -0.39 is 67.8 Å². The van der Waals surface area contributed by atoms with Gasteiger partial charge in [-0.25, -0.2) is 0 Å². The minimum atomic E-state index is -1.59. The second-order valence-electron chi connectivity index (χ2n) is 6.42. The van der Waals surface area contributed by atoms with Crippen molar-refractivity contribution in [2.75, 3.05) is 19.8 Å². The van der Waals surface area contributed by atoms with Gasteiger partial charge in [0.15, 0.2) is 12.6 Å². The number of hydrogen-bond acceptors (Lipinski definition) is 10. The van der Waals surface area contributed by atoms with Crippen LogP contribution < -0.4 is 5.32 Å². The summed E-state index contributed by atoms with van der Waals surface area (Å²) in [6.07, 6.45) is -9.08. The van der Waals surface area contributed by atoms with E-state index >= 15 is 0 Å². The molecule has 0 aromatic rings. The number of carbonyl (C=O) groups is 1. The van der Waals surface area contributed by atoms with E-state index in [-0.39, 0.29) is 13.2 Å². The Morgan fingerprint density at radius 1 is 1.22 bits per heavy atom. The minimum absolute atomic E-state index is 0.0751. The van der Waals surface area contributed by atoms with E-state index in [2.05, 4.69) is 11.9 Å². The van der Waals surface area contributed by atoms with Crippen LogP contribution in [0.25, 0.3) is 0 Å². The van der Waals surface area contributed by atoms with Gasteiger partial charge in [-0.1, -0.05) is 6.08 Å². The number of amides is 1. The van der Waals surface area contributed by atoms with Gasteiger partial charge in [0.2, 0.25) is 5.91 Å². The van der Waals surface area contributed by atoms with Gasteiger partial charge in [-0.2, -0.15) is 0 Å². The lowest BCUT2D eigenvalue weighted by Crippen LogP contribution is -2.66. The van der Waals surface area contributed by atoms with Gasteiger partial charge in [-0.05, 0) is 0 Å². The summed E-state index contributed by atoms with van der Waals surface area (Å²) in [6, 6.07) is -1.04. The number of nitrogens with one attached hydrogen (secondary N) is 1. The molecule has 9 atom stereocenters. The first-order valence-corrected chi connectivity index (χ1v) is 8.55. The van der Waals surface area contributed by atoms with Crippen LogP contribution in [0.15, 0.2) is 12.7 Å². The molecule has 2 fully saturated rings. The Kier molecular flexibility index (Phi) is 8.09. The zero-order valence-electron chi connectivity index (χ0n) is 14.9. The van der Waals surface area contributed by atoms with E-state index in [1.165, 1.54) is 13.0 Å². The van der Waals surface area contributed by atoms with E-state index in [1.807, 2.05) is 0 Å². The van der Waals surface area contributed by atoms with Crippen molar-refractivity contribution in [1.82, 2.24) is 5.32 Å². The summed E-state index contributed by atoms with van der Waals surface area (Å²) in [7, 11) is 0. The third-order valence-electron chi connectivity index (χ3n) is 4.35. The second-order valence-corrected chi connectivity index (χ2v) is 6.42. The lowest BCUT2D eigenvalue weighted by atomic mass is 9.96. The van der Waals surface area contributed by atoms with Gasteiger partial charge in [0.25, 0.3) is 0 Å². The van der Waals surface area contributed by atoms with Gasteiger partial charge in [0.1, 0.15) is 42.7 Å². The molecule has 0 aromatic carbocycles. The van der Waals surface area contributed by atoms with Crippen molar-refractivity contribution in [3.05, 3.63) is 12.7 Å². The number of aliphatic hydroxyl groups excluding tert-OH is 5. The molecule has 0 saturated carbocycles. The van der Waals surface area contributed by atoms with Crippen molar-refractivity contribution in [3.63, 3.8) is 0 Å². The van der Waals surface area contributed by atoms with Crippen molar-refractivity contribution >= 4 is 5.91 Å². The van der Waals surface area contributed by atoms with Crippen molar-refractivity contribution in [2.24, 2.45) is 0 Å². The van der Waals surface area contributed by atoms with Crippen LogP contribution in [-0.2, 0) is 23.7 Å². The highest BCUT2D eigenvalue weighted by Gasteiger charge is 2.49. The van der Waals surface area contributed by atoms with Gasteiger partial charge in [-0.15, -0.1) is 6.58 Å². The topological polar surface area (TPSA) is 167 Å². The van der Waals surface area contributed by atoms with Crippen LogP contribution in [0.5, 0.6) is 0 Å². The molecule has 0 unspecified atom stereocenters. The molecule has 2 aliphatic rings. The first-order chi connectivity index (χ1) is 12.8. The SMILES string of the molecule is C=CCO[C@H]1O[C@H](CO)[C@@H](O[C@@H]2OC[C@H](O)[C@H](O)[C@H]2O)[C@H](O)[C@H]1NC(C)=O. The van der Waals surface area contributed by atoms with Crippen LogP contribution in [0.3, 0.4) is 0 Å². The smallest absolute Gasteiger partial charge is 0.217 e. The maximum Gasteiger partial charge on any atom is 0.217 e. The van der Waals surface area contributed by atoms with E-state index in [0.717, 1.165) is 0 Å². The zero-order valence-corrected chi connectivity index (χ0v) is 14.9. The van der Waals surface area contributed by atoms with E-state index in [9.17, 15) is 30.3 Å². The largest absolute Gasteiger partial charge is 0.394 e. The Morgan fingerprint density at radius 3 is 2.52 bits per heavy atom. The molecule has 11 heteroatoms. The van der Waals surface area contributed by atoms with Crippen molar-refractivity contribution < 1.29 is 49.3 Å². The lowest BCUT2D eigenvalue weighted by Gasteiger charge is -2.46. The Labute approximate surface area is 156 Å². The minimum Gasteiger partial charge on any atom is -0.394 e. The number of ether oxygens (including phenoxy) is 4. The molecular weight excluding hydrogens is 366 g/mol. The molecule has 2 rings (SSSR count). The first-order valence-electron chi connectivity index (χ1n) is 8.55. The van der Waals surface area contributed by atoms with Crippen LogP contribution in [0.1, 0.15) is 6.92 Å². The van der Waals surface area contributed by atoms with E-state index in [4.69, 9.17) is 18.9 Å². The Balaban J connectivity index is 2.16. The van der Waals surface area contributed by atoms with Gasteiger partial charge in [0, 0.05) is 6.92 Å². The summed E-state index contributed by atoms with van der Waals surface area (Å²) in [4.78, 5) is 11.5. The average molecular weight is 393 g/mol. The van der Waals surface area contributed by atoms with Crippen molar-refractivity contribution in [1.29, 1.82) is 0 Å². The normalized spacial score (nSPS) is 42.5. The fraction of sp³-hybridized carbons (Fsp3) is 0.812. The molecule has 0 bridgehead atoms. The highest BCUT2D eigenvalue weighted by atomic mass is 16.7. The maximum atomic E-state index is 11.5. The second kappa shape index (κ2) is 9.87. The Bertz CT molecular complexity index is 506. The fourth-order valence-corrected chi connectivity index (χ4v) is 2.98. The van der Waals surface area contributed by atoms with Crippen LogP contribution in [0.2, 0.25) is 0 Å². The first kappa shape index (κ1) is 22.1. The standard InChI is InChI=1S/C16H27NO10/c1-3-4-24-15-10(17-7(2)19)12(22)14(9(5-18)26-15)27-16-13(23)11(21)8(20)6-25-16/h3,8-16,18,20-23H,1,4-6H2,2H3,(H,17,19)/t8-,9+,10+,11-,12+,13+,14+,15-,16-/m0/s1. The molecule has 1 amide bonds. The molecule has 2 saturated heterocycles. The number of rotatable bonds is 7. The third kappa shape index (κ3) is 5.22. The van der Waals surface area contributed by atoms with Crippen molar-refractivity contribution in [3.8, 4) is 0 Å². The summed E-state index contributed by atoms with van der Waals surface area (Å²) in [5.41, 5.74) is 0. The summed E-state index contributed by atoms with van der Waals surface area (Å²) in [6.45, 7) is 3.98. The zero-order chi connectivity index (χ0) is 20.1. The molecule has 0 spiro atoms. The highest BCUT2D eigenvalue weighted by molar-refractivity contribution is 5.73. The van der Waals surface area contributed by atoms with Crippen LogP contribution >= 0.6 is 0 Å². The van der Waals surface area contributed by atoms with Crippen LogP contribution in [0.4, 0.5) is 0 Å². The summed E-state index contributed by atoms with van der Waals surface area (Å²) >= 11 is 0. The quantitative estimate of drug-likeness (QED) is 0.240. The number of aliphatic hydroxyl groups is 5. The summed E-state index contributed by atoms with van der Waals surface area (Å²) in [5, 5.41) is 52.1. The Morgan fingerprint density at radius 2 is 1.93 bits per heavy atom. The fourth-order valence-electron chi connectivity index (χ4n) is 2.98. The Hall–Kier alpha value is -1.15. The number of carbonyl (C=O) groups excluding carboxylic acids is 1. The molecule has 0 radical (unpaired) electrons. The molecule has 2 heterocycles. The van der Waals surface area contributed by atoms with Crippen molar-refractivity contribution in [2.45, 2.75) is 62.2 Å². The summed E-state index contributed by atoms with van der Waals surface area (Å²) < 4.78 is 21.7. The molecule has 156 valence electrons. The molecule has 0 aliphatic carbocycles. The lowest BCUT2D eigenvalue weighted by molar-refractivity contribution is -0.333. The molecule has 27 heavy (non-hydrogen) atoms. The van der Waals surface area contributed by atoms with E-state index in [0.29, 0.717) is 0 Å². The third-order valence-corrected chi connectivity index (χ3v) is 4.35. The predicted molar refractivity (Wildman–Crippen MR) is 88.1 cm³/mol. The highest BCUT2D eigenvalue weighted by Crippen LogP contribution is 2.28. The van der Waals surface area contributed by atoms with Gasteiger partial charge in [-0.3, -0.25) is 4.79 Å². The van der Waals surface area contributed by atoms with Gasteiger partial charge < -0.3 is 49.8 Å². The number of hydrogen-bond donors (Lipinski definition) is 6. The molecule has 6 N–H and O–H groups in total. The molecule has 2 aliphatic heterocycles. The van der Waals surface area contributed by atoms with E-state index in [1.54, 1.807) is 0 Å². The van der Waals surface area contributed by atoms with Crippen LogP contribution in [0, 0.1) is 0 Å². The van der Waals surface area contributed by atoms with Gasteiger partial charge >= 0.3 is 0 Å². The monoisotopic (exact) mass is 393 g/mol. The predicted octanol–water partition coefficient (Wildman–Crippen LogP) is -3.40. The molecule has 0 aromatic heterocycles. The summed E-state index contributed by atoms with van der Waals surface area (Å²) in [5.74, 6) is -0.455. The molecule has 11 nitrogen and oxygen atoms in total. The van der Waals surface area contributed by atoms with Crippen LogP contribution in [-0.4, -0.2) is 107 Å². The molecular formula is C16H27NO10. The maximum absolute atomic E-state index is 11.5. The van der Waals surface area contributed by atoms with Gasteiger partial charge in [0.05, 0.1) is 19.8 Å². The average Bonchev–Trinajstić information content (AvgIpc) is 2.63.